The number of benzene rings is 1. The summed E-state index contributed by atoms with van der Waals surface area (Å²) in [6.45, 7) is 9.44. The molecule has 1 atom stereocenters. The van der Waals surface area contributed by atoms with Crippen molar-refractivity contribution in [2.75, 3.05) is 0 Å². The molecule has 2 aromatic rings. The quantitative estimate of drug-likeness (QED) is 0.560. The van der Waals surface area contributed by atoms with E-state index in [0.29, 0.717) is 0 Å². The number of fused-ring (bicyclic) bond motifs is 1. The van der Waals surface area contributed by atoms with Gasteiger partial charge in [-0.1, -0.05) is 45.9 Å². The average Bonchev–Trinajstić information content (AvgIpc) is 2.97. The Morgan fingerprint density at radius 2 is 1.62 bits per heavy atom. The molecule has 0 amide bonds. The Morgan fingerprint density at radius 1 is 0.952 bits per heavy atom. The van der Waals surface area contributed by atoms with Crippen molar-refractivity contribution in [3.8, 4) is 0 Å². The van der Waals surface area contributed by atoms with E-state index in [0.717, 1.165) is 0 Å². The van der Waals surface area contributed by atoms with E-state index in [1.54, 1.807) is 11.3 Å². The molecule has 0 fully saturated rings. The molecule has 1 aliphatic rings. The summed E-state index contributed by atoms with van der Waals surface area (Å²) in [6, 6.07) is 9.01. The van der Waals surface area contributed by atoms with Crippen LogP contribution in [0.15, 0.2) is 35.0 Å². The topological polar surface area (TPSA) is 0 Å². The first-order valence-electron chi connectivity index (χ1n) is 7.62. The van der Waals surface area contributed by atoms with Crippen molar-refractivity contribution in [3.63, 3.8) is 0 Å². The van der Waals surface area contributed by atoms with Crippen LogP contribution < -0.4 is 0 Å². The summed E-state index contributed by atoms with van der Waals surface area (Å²) >= 11 is 8.39. The molecule has 0 radical (unpaired) electrons. The summed E-state index contributed by atoms with van der Waals surface area (Å²) in [6.07, 6.45) is 2.49. The van der Waals surface area contributed by atoms with Crippen LogP contribution in [0.25, 0.3) is 0 Å². The van der Waals surface area contributed by atoms with E-state index in [4.69, 9.17) is 11.6 Å². The van der Waals surface area contributed by atoms with Gasteiger partial charge in [-0.05, 0) is 62.8 Å². The average molecular weight is 319 g/mol. The fourth-order valence-electron chi connectivity index (χ4n) is 3.38. The molecular formula is C19H23ClS. The van der Waals surface area contributed by atoms with Crippen LogP contribution in [-0.4, -0.2) is 0 Å². The summed E-state index contributed by atoms with van der Waals surface area (Å²) in [5, 5.41) is 4.20. The van der Waals surface area contributed by atoms with Crippen LogP contribution in [0.3, 0.4) is 0 Å². The Morgan fingerprint density at radius 3 is 2.24 bits per heavy atom. The summed E-state index contributed by atoms with van der Waals surface area (Å²) in [5.41, 5.74) is 5.92. The zero-order valence-corrected chi connectivity index (χ0v) is 14.8. The molecule has 1 aromatic carbocycles. The van der Waals surface area contributed by atoms with Gasteiger partial charge in [0.05, 0.1) is 5.38 Å². The Bertz CT molecular complexity index is 638. The van der Waals surface area contributed by atoms with Gasteiger partial charge in [-0.25, -0.2) is 0 Å². The molecule has 1 aromatic heterocycles. The van der Waals surface area contributed by atoms with E-state index in [9.17, 15) is 0 Å². The van der Waals surface area contributed by atoms with Gasteiger partial charge < -0.3 is 0 Å². The normalized spacial score (nSPS) is 20.8. The van der Waals surface area contributed by atoms with Crippen molar-refractivity contribution in [2.24, 2.45) is 0 Å². The van der Waals surface area contributed by atoms with E-state index in [1.165, 1.54) is 35.1 Å². The lowest BCUT2D eigenvalue weighted by atomic mass is 9.63. The Labute approximate surface area is 137 Å². The molecule has 0 saturated carbocycles. The van der Waals surface area contributed by atoms with Gasteiger partial charge in [0.1, 0.15) is 0 Å². The molecule has 0 bridgehead atoms. The molecule has 1 unspecified atom stereocenters. The largest absolute Gasteiger partial charge is 0.152 e. The molecule has 21 heavy (non-hydrogen) atoms. The molecular weight excluding hydrogens is 296 g/mol. The highest BCUT2D eigenvalue weighted by molar-refractivity contribution is 7.08. The standard InChI is InChI=1S/C19H23ClS/c1-18(2)8-9-19(3,4)16-11-13(5-6-15(16)18)17(20)14-7-10-21-12-14/h5-7,10-12,17H,8-9H2,1-4H3. The van der Waals surface area contributed by atoms with Crippen molar-refractivity contribution in [1.29, 1.82) is 0 Å². The van der Waals surface area contributed by atoms with E-state index < -0.39 is 0 Å². The molecule has 0 N–H and O–H groups in total. The maximum absolute atomic E-state index is 6.69. The van der Waals surface area contributed by atoms with Crippen molar-refractivity contribution >= 4 is 22.9 Å². The zero-order chi connectivity index (χ0) is 15.3. The Balaban J connectivity index is 2.08. The smallest absolute Gasteiger partial charge is 0.0843 e. The summed E-state index contributed by atoms with van der Waals surface area (Å²) in [7, 11) is 0. The number of hydrogen-bond acceptors (Lipinski definition) is 1. The second-order valence-electron chi connectivity index (χ2n) is 7.49. The predicted octanol–water partition coefficient (Wildman–Crippen LogP) is 6.43. The van der Waals surface area contributed by atoms with E-state index >= 15 is 0 Å². The SMILES string of the molecule is CC1(C)CCC(C)(C)c2cc(C(Cl)c3ccsc3)ccc21. The molecule has 0 saturated heterocycles. The maximum atomic E-state index is 6.69. The maximum Gasteiger partial charge on any atom is 0.0843 e. The van der Waals surface area contributed by atoms with E-state index in [-0.39, 0.29) is 16.2 Å². The van der Waals surface area contributed by atoms with Crippen LogP contribution >= 0.6 is 22.9 Å². The summed E-state index contributed by atoms with van der Waals surface area (Å²) < 4.78 is 0. The first-order valence-corrected chi connectivity index (χ1v) is 9.00. The fourth-order valence-corrected chi connectivity index (χ4v) is 4.41. The number of halogens is 1. The van der Waals surface area contributed by atoms with Crippen molar-refractivity contribution in [2.45, 2.75) is 56.7 Å². The van der Waals surface area contributed by atoms with Gasteiger partial charge in [-0.2, -0.15) is 11.3 Å². The minimum atomic E-state index is -0.0395. The highest BCUT2D eigenvalue weighted by Crippen LogP contribution is 2.47. The number of rotatable bonds is 2. The molecule has 1 heterocycles. The van der Waals surface area contributed by atoms with Crippen molar-refractivity contribution in [1.82, 2.24) is 0 Å². The third-order valence-electron chi connectivity index (χ3n) is 5.01. The second-order valence-corrected chi connectivity index (χ2v) is 8.71. The molecule has 1 aliphatic carbocycles. The fraction of sp³-hybridized carbons (Fsp3) is 0.474. The van der Waals surface area contributed by atoms with Gasteiger partial charge in [0.25, 0.3) is 0 Å². The van der Waals surface area contributed by atoms with Crippen LogP contribution in [0, 0.1) is 0 Å². The third kappa shape index (κ3) is 2.66. The van der Waals surface area contributed by atoms with Gasteiger partial charge in [-0.15, -0.1) is 11.6 Å². The first-order chi connectivity index (χ1) is 9.81. The van der Waals surface area contributed by atoms with Crippen LogP contribution in [0.5, 0.6) is 0 Å². The summed E-state index contributed by atoms with van der Waals surface area (Å²) in [5.74, 6) is 0. The molecule has 0 spiro atoms. The van der Waals surface area contributed by atoms with Gasteiger partial charge in [0, 0.05) is 0 Å². The first kappa shape index (κ1) is 15.1. The molecule has 0 aliphatic heterocycles. The Hall–Kier alpha value is -0.790. The number of alkyl halides is 1. The van der Waals surface area contributed by atoms with Crippen molar-refractivity contribution in [3.05, 3.63) is 57.3 Å². The van der Waals surface area contributed by atoms with Crippen LogP contribution in [0.1, 0.15) is 68.2 Å². The molecule has 3 rings (SSSR count). The third-order valence-corrected chi connectivity index (χ3v) is 6.21. The minimum Gasteiger partial charge on any atom is -0.152 e. The lowest BCUT2D eigenvalue weighted by Gasteiger charge is -2.42. The van der Waals surface area contributed by atoms with Gasteiger partial charge >= 0.3 is 0 Å². The highest BCUT2D eigenvalue weighted by atomic mass is 35.5. The van der Waals surface area contributed by atoms with E-state index in [2.05, 4.69) is 62.7 Å². The Kier molecular flexibility index (Phi) is 3.70. The van der Waals surface area contributed by atoms with Gasteiger partial charge in [0.15, 0.2) is 0 Å². The zero-order valence-electron chi connectivity index (χ0n) is 13.2. The van der Waals surface area contributed by atoms with Crippen LogP contribution in [0.2, 0.25) is 0 Å². The minimum absolute atomic E-state index is 0.0395. The predicted molar refractivity (Wildman–Crippen MR) is 93.7 cm³/mol. The van der Waals surface area contributed by atoms with Gasteiger partial charge in [-0.3, -0.25) is 0 Å². The lowest BCUT2D eigenvalue weighted by molar-refractivity contribution is 0.331. The second kappa shape index (κ2) is 5.14. The lowest BCUT2D eigenvalue weighted by Crippen LogP contribution is -2.33. The molecule has 112 valence electrons. The number of thiophene rings is 1. The van der Waals surface area contributed by atoms with Crippen LogP contribution in [-0.2, 0) is 10.8 Å². The van der Waals surface area contributed by atoms with Crippen molar-refractivity contribution < 1.29 is 0 Å². The molecule has 2 heteroatoms. The number of hydrogen-bond donors (Lipinski definition) is 0. The summed E-state index contributed by atoms with van der Waals surface area (Å²) in [4.78, 5) is 0. The van der Waals surface area contributed by atoms with Gasteiger partial charge in [0.2, 0.25) is 0 Å². The monoisotopic (exact) mass is 318 g/mol. The van der Waals surface area contributed by atoms with E-state index in [1.807, 2.05) is 0 Å². The highest BCUT2D eigenvalue weighted by Gasteiger charge is 2.37. The molecule has 0 nitrogen and oxygen atoms in total. The van der Waals surface area contributed by atoms with Crippen LogP contribution in [0.4, 0.5) is 0 Å².